The lowest BCUT2D eigenvalue weighted by Crippen LogP contribution is -2.36. The summed E-state index contributed by atoms with van der Waals surface area (Å²) in [6.45, 7) is 9.53. The Morgan fingerprint density at radius 3 is 2.65 bits per heavy atom. The topological polar surface area (TPSA) is 50.7 Å². The number of aryl methyl sites for hydroxylation is 2. The van der Waals surface area contributed by atoms with Crippen LogP contribution in [0.15, 0.2) is 18.3 Å². The first-order valence-corrected chi connectivity index (χ1v) is 7.76. The summed E-state index contributed by atoms with van der Waals surface area (Å²) in [4.78, 5) is 4.30. The van der Waals surface area contributed by atoms with Gasteiger partial charge in [0.15, 0.2) is 0 Å². The summed E-state index contributed by atoms with van der Waals surface area (Å²) in [5.41, 5.74) is 2.25. The molecule has 0 atom stereocenters. The van der Waals surface area contributed by atoms with Gasteiger partial charge in [0.05, 0.1) is 0 Å². The molecule has 0 amide bonds. The second-order valence-electron chi connectivity index (χ2n) is 5.97. The minimum atomic E-state index is 0.180. The maximum Gasteiger partial charge on any atom is 0.149 e. The van der Waals surface area contributed by atoms with E-state index in [9.17, 15) is 0 Å². The summed E-state index contributed by atoms with van der Waals surface area (Å²) in [5.74, 6) is 0. The average Bonchev–Trinajstić information content (AvgIpc) is 2.83. The van der Waals surface area contributed by atoms with Crippen LogP contribution in [0.3, 0.4) is 0 Å². The quantitative estimate of drug-likeness (QED) is 0.859. The molecule has 2 aromatic heterocycles. The van der Waals surface area contributed by atoms with Crippen LogP contribution in [0.25, 0.3) is 10.6 Å². The lowest BCUT2D eigenvalue weighted by atomic mass is 10.1. The van der Waals surface area contributed by atoms with Crippen molar-refractivity contribution in [2.75, 3.05) is 6.54 Å². The van der Waals surface area contributed by atoms with Crippen LogP contribution >= 0.6 is 11.3 Å². The predicted octanol–water partition coefficient (Wildman–Crippen LogP) is 3.23. The number of nitrogens with one attached hydrogen (secondary N) is 1. The molecule has 2 heterocycles. The van der Waals surface area contributed by atoms with Crippen molar-refractivity contribution in [3.05, 3.63) is 29.0 Å². The zero-order valence-electron chi connectivity index (χ0n) is 12.6. The van der Waals surface area contributed by atoms with Crippen molar-refractivity contribution in [2.45, 2.75) is 46.1 Å². The van der Waals surface area contributed by atoms with Crippen LogP contribution in [-0.2, 0) is 6.42 Å². The molecule has 0 aliphatic carbocycles. The summed E-state index contributed by atoms with van der Waals surface area (Å²) in [7, 11) is 0. The van der Waals surface area contributed by atoms with E-state index in [2.05, 4.69) is 41.3 Å². The molecule has 0 bridgehead atoms. The van der Waals surface area contributed by atoms with Gasteiger partial charge >= 0.3 is 0 Å². The van der Waals surface area contributed by atoms with Crippen LogP contribution < -0.4 is 5.32 Å². The standard InChI is InChI=1S/C15H22N4S/c1-11-7-8-12(10-16-11)14-19-18-13(20-14)6-5-9-17-15(2,3)4/h7-8,10,17H,5-6,9H2,1-4H3. The van der Waals surface area contributed by atoms with Crippen molar-refractivity contribution >= 4 is 11.3 Å². The van der Waals surface area contributed by atoms with Gasteiger partial charge in [0, 0.05) is 29.4 Å². The van der Waals surface area contributed by atoms with E-state index >= 15 is 0 Å². The largest absolute Gasteiger partial charge is 0.312 e. The first kappa shape index (κ1) is 15.1. The summed E-state index contributed by atoms with van der Waals surface area (Å²) >= 11 is 1.66. The Morgan fingerprint density at radius 1 is 1.20 bits per heavy atom. The maximum absolute atomic E-state index is 4.30. The Hall–Kier alpha value is -1.33. The van der Waals surface area contributed by atoms with Crippen molar-refractivity contribution in [3.8, 4) is 10.6 Å². The molecule has 0 saturated carbocycles. The van der Waals surface area contributed by atoms with E-state index in [1.807, 2.05) is 25.3 Å². The summed E-state index contributed by atoms with van der Waals surface area (Å²) in [6, 6.07) is 4.05. The third-order valence-electron chi connectivity index (χ3n) is 2.85. The van der Waals surface area contributed by atoms with Crippen molar-refractivity contribution < 1.29 is 0 Å². The lowest BCUT2D eigenvalue weighted by Gasteiger charge is -2.20. The number of aromatic nitrogens is 3. The molecular formula is C15H22N4S. The third kappa shape index (κ3) is 4.65. The van der Waals surface area contributed by atoms with Gasteiger partial charge in [-0.1, -0.05) is 11.3 Å². The van der Waals surface area contributed by atoms with E-state index in [0.717, 1.165) is 40.7 Å². The highest BCUT2D eigenvalue weighted by Crippen LogP contribution is 2.23. The van der Waals surface area contributed by atoms with E-state index in [0.29, 0.717) is 0 Å². The molecule has 2 rings (SSSR count). The molecule has 0 saturated heterocycles. The first-order chi connectivity index (χ1) is 9.44. The van der Waals surface area contributed by atoms with Crippen LogP contribution in [0.2, 0.25) is 0 Å². The predicted molar refractivity (Wildman–Crippen MR) is 84.0 cm³/mol. The Bertz CT molecular complexity index is 540. The SMILES string of the molecule is Cc1ccc(-c2nnc(CCCNC(C)(C)C)s2)cn1. The lowest BCUT2D eigenvalue weighted by molar-refractivity contribution is 0.422. The summed E-state index contributed by atoms with van der Waals surface area (Å²) in [6.07, 6.45) is 3.92. The van der Waals surface area contributed by atoms with Crippen LogP contribution in [0.5, 0.6) is 0 Å². The second-order valence-corrected chi connectivity index (χ2v) is 7.03. The molecule has 108 valence electrons. The number of hydrogen-bond donors (Lipinski definition) is 1. The van der Waals surface area contributed by atoms with E-state index < -0.39 is 0 Å². The van der Waals surface area contributed by atoms with Crippen LogP contribution in [0.1, 0.15) is 37.9 Å². The van der Waals surface area contributed by atoms with Gasteiger partial charge in [-0.05, 0) is 52.8 Å². The minimum absolute atomic E-state index is 0.180. The smallest absolute Gasteiger partial charge is 0.149 e. The molecule has 2 aromatic rings. The molecule has 0 fully saturated rings. The van der Waals surface area contributed by atoms with Gasteiger partial charge in [-0.3, -0.25) is 4.98 Å². The monoisotopic (exact) mass is 290 g/mol. The summed E-state index contributed by atoms with van der Waals surface area (Å²) < 4.78 is 0. The van der Waals surface area contributed by atoms with Gasteiger partial charge < -0.3 is 5.32 Å². The van der Waals surface area contributed by atoms with Crippen LogP contribution in [0.4, 0.5) is 0 Å². The van der Waals surface area contributed by atoms with Gasteiger partial charge in [0.2, 0.25) is 0 Å². The number of pyridine rings is 1. The van der Waals surface area contributed by atoms with Gasteiger partial charge in [0.1, 0.15) is 10.0 Å². The molecule has 4 nitrogen and oxygen atoms in total. The van der Waals surface area contributed by atoms with Crippen LogP contribution in [-0.4, -0.2) is 27.3 Å². The molecule has 0 aromatic carbocycles. The van der Waals surface area contributed by atoms with Gasteiger partial charge in [0.25, 0.3) is 0 Å². The normalized spacial score (nSPS) is 11.8. The van der Waals surface area contributed by atoms with Crippen molar-refractivity contribution in [3.63, 3.8) is 0 Å². The Morgan fingerprint density at radius 2 is 2.00 bits per heavy atom. The fraction of sp³-hybridized carbons (Fsp3) is 0.533. The van der Waals surface area contributed by atoms with Crippen molar-refractivity contribution in [1.82, 2.24) is 20.5 Å². The molecule has 20 heavy (non-hydrogen) atoms. The zero-order valence-corrected chi connectivity index (χ0v) is 13.4. The Balaban J connectivity index is 1.88. The maximum atomic E-state index is 4.30. The average molecular weight is 290 g/mol. The first-order valence-electron chi connectivity index (χ1n) is 6.94. The fourth-order valence-electron chi connectivity index (χ4n) is 1.77. The molecule has 1 N–H and O–H groups in total. The minimum Gasteiger partial charge on any atom is -0.312 e. The summed E-state index contributed by atoms with van der Waals surface area (Å²) in [5, 5.41) is 14.0. The highest BCUT2D eigenvalue weighted by atomic mass is 32.1. The molecule has 0 aliphatic heterocycles. The molecule has 0 unspecified atom stereocenters. The van der Waals surface area contributed by atoms with E-state index in [-0.39, 0.29) is 5.54 Å². The van der Waals surface area contributed by atoms with Gasteiger partial charge in [-0.25, -0.2) is 0 Å². The number of nitrogens with zero attached hydrogens (tertiary/aromatic N) is 3. The highest BCUT2D eigenvalue weighted by molar-refractivity contribution is 7.14. The molecule has 0 radical (unpaired) electrons. The Kier molecular flexibility index (Phi) is 4.83. The van der Waals surface area contributed by atoms with E-state index in [1.165, 1.54) is 0 Å². The van der Waals surface area contributed by atoms with Gasteiger partial charge in [-0.2, -0.15) is 0 Å². The number of hydrogen-bond acceptors (Lipinski definition) is 5. The van der Waals surface area contributed by atoms with Crippen LogP contribution in [0, 0.1) is 6.92 Å². The van der Waals surface area contributed by atoms with E-state index in [1.54, 1.807) is 11.3 Å². The second kappa shape index (κ2) is 6.41. The molecule has 0 aliphatic rings. The molecular weight excluding hydrogens is 268 g/mol. The fourth-order valence-corrected chi connectivity index (χ4v) is 2.64. The van der Waals surface area contributed by atoms with Gasteiger partial charge in [-0.15, -0.1) is 10.2 Å². The molecule has 0 spiro atoms. The third-order valence-corrected chi connectivity index (χ3v) is 3.88. The molecule has 5 heteroatoms. The zero-order chi connectivity index (χ0) is 14.6. The highest BCUT2D eigenvalue weighted by Gasteiger charge is 2.09. The van der Waals surface area contributed by atoms with Crippen molar-refractivity contribution in [1.29, 1.82) is 0 Å². The van der Waals surface area contributed by atoms with Crippen molar-refractivity contribution in [2.24, 2.45) is 0 Å². The number of rotatable bonds is 5. The van der Waals surface area contributed by atoms with E-state index in [4.69, 9.17) is 0 Å². The Labute approximate surface area is 124 Å².